The Labute approximate surface area is 290 Å². The number of aliphatic hydroxyl groups is 1. The van der Waals surface area contributed by atoms with Gasteiger partial charge in [-0.05, 0) is 82.0 Å². The molecule has 2 aliphatic heterocycles. The number of piperidine rings is 1. The highest BCUT2D eigenvalue weighted by atomic mass is 35.5. The quantitative estimate of drug-likeness (QED) is 0.126. The summed E-state index contributed by atoms with van der Waals surface area (Å²) in [5.74, 6) is -0.541. The molecule has 2 atom stereocenters. The van der Waals surface area contributed by atoms with Gasteiger partial charge in [0.15, 0.2) is 0 Å². The van der Waals surface area contributed by atoms with Crippen LogP contribution in [0.5, 0.6) is 0 Å². The molecule has 1 aromatic heterocycles. The molecule has 1 unspecified atom stereocenters. The number of nitrogens with one attached hydrogen (secondary N) is 4. The summed E-state index contributed by atoms with van der Waals surface area (Å²) in [6.45, 7) is 10.5. The van der Waals surface area contributed by atoms with Gasteiger partial charge in [0.25, 0.3) is 0 Å². The van der Waals surface area contributed by atoms with Crippen molar-refractivity contribution in [3.8, 4) is 6.07 Å². The Bertz CT molecular complexity index is 1900. The van der Waals surface area contributed by atoms with E-state index in [1.165, 1.54) is 18.3 Å². The molecule has 4 aromatic rings. The van der Waals surface area contributed by atoms with Crippen molar-refractivity contribution in [3.63, 3.8) is 0 Å². The molecule has 2 aliphatic rings. The van der Waals surface area contributed by atoms with Crippen LogP contribution in [0, 0.1) is 17.1 Å². The number of nitrogens with zero attached hydrogens (tertiary/aromatic N) is 4. The Morgan fingerprint density at radius 1 is 1.04 bits per heavy atom. The van der Waals surface area contributed by atoms with Crippen molar-refractivity contribution in [2.75, 3.05) is 23.7 Å². The van der Waals surface area contributed by atoms with Crippen molar-refractivity contribution in [1.29, 1.82) is 5.26 Å². The fraction of sp³-hybridized carbons (Fsp3) is 0.333. The number of hydrogen-bond acceptors (Lipinski definition) is 9. The summed E-state index contributed by atoms with van der Waals surface area (Å²) in [5, 5.41) is 30.3. The number of aliphatic hydroxyl groups excluding tert-OH is 1. The van der Waals surface area contributed by atoms with E-state index in [9.17, 15) is 14.8 Å². The van der Waals surface area contributed by atoms with Gasteiger partial charge in [-0.2, -0.15) is 5.26 Å². The fourth-order valence-corrected chi connectivity index (χ4v) is 6.74. The van der Waals surface area contributed by atoms with Crippen LogP contribution in [-0.2, 0) is 0 Å². The normalized spacial score (nSPS) is 17.1. The van der Waals surface area contributed by atoms with Crippen LogP contribution in [-0.4, -0.2) is 44.7 Å². The van der Waals surface area contributed by atoms with E-state index in [0.29, 0.717) is 39.0 Å². The number of halogens is 3. The number of pyridine rings is 1. The molecule has 3 heterocycles. The molecule has 12 heteroatoms. The summed E-state index contributed by atoms with van der Waals surface area (Å²) in [7, 11) is 0. The fourth-order valence-electron chi connectivity index (χ4n) is 6.29. The van der Waals surface area contributed by atoms with E-state index in [-0.39, 0.29) is 22.2 Å². The van der Waals surface area contributed by atoms with Crippen molar-refractivity contribution in [2.24, 2.45) is 0 Å². The number of anilines is 3. The lowest BCUT2D eigenvalue weighted by molar-refractivity contribution is 0.0570. The van der Waals surface area contributed by atoms with Gasteiger partial charge in [-0.1, -0.05) is 47.5 Å². The summed E-state index contributed by atoms with van der Waals surface area (Å²) in [4.78, 5) is 7.00. The number of rotatable bonds is 8. The molecule has 0 amide bonds. The molecular formula is C36H39Cl2FN8O. The topological polar surface area (TPSA) is 112 Å². The molecule has 0 bridgehead atoms. The molecule has 48 heavy (non-hydrogen) atoms. The smallest absolute Gasteiger partial charge is 0.141 e. The standard InChI is InChI=1S/C36H39Cl2FN8O/c1-21(48)22-6-5-7-23(14-22)34(32-20-47(45-44-32)27-10-12-46(13-11-27)36(2,3)4)43-26-15-28-33(42-25-8-9-31(39)29(37)16-25)24(18-40)19-41-35(28)30(38)17-26/h5-9,14-17,19-21,27,34,43-45,48H,10-13H2,1-4H3,(H,41,42)/t21?,34-/m0/s1. The molecule has 5 N–H and O–H groups in total. The minimum Gasteiger partial charge on any atom is -0.389 e. The first-order valence-corrected chi connectivity index (χ1v) is 16.7. The van der Waals surface area contributed by atoms with Crippen molar-refractivity contribution in [1.82, 2.24) is 25.9 Å². The Morgan fingerprint density at radius 3 is 2.46 bits per heavy atom. The van der Waals surface area contributed by atoms with Gasteiger partial charge in [0.05, 0.1) is 44.7 Å². The van der Waals surface area contributed by atoms with Gasteiger partial charge in [-0.15, -0.1) is 5.53 Å². The molecule has 0 saturated carbocycles. The SMILES string of the molecule is CC(O)c1cccc([C@H](Nc2cc(Cl)c3ncc(C#N)c(Nc4ccc(F)c(Cl)c4)c3c2)C2=CN(C3CCN(C(C)(C)C)CC3)NN2)c1. The zero-order valence-electron chi connectivity index (χ0n) is 27.3. The largest absolute Gasteiger partial charge is 0.389 e. The van der Waals surface area contributed by atoms with Crippen LogP contribution < -0.4 is 21.6 Å². The van der Waals surface area contributed by atoms with Crippen LogP contribution in [0.2, 0.25) is 10.0 Å². The van der Waals surface area contributed by atoms with E-state index >= 15 is 0 Å². The number of benzene rings is 3. The molecule has 1 fully saturated rings. The van der Waals surface area contributed by atoms with Crippen LogP contribution in [0.15, 0.2) is 72.7 Å². The summed E-state index contributed by atoms with van der Waals surface area (Å²) in [5.41, 5.74) is 11.9. The van der Waals surface area contributed by atoms with E-state index in [2.05, 4.69) is 69.5 Å². The van der Waals surface area contributed by atoms with E-state index < -0.39 is 11.9 Å². The second-order valence-corrected chi connectivity index (χ2v) is 14.1. The number of hydrogen-bond donors (Lipinski definition) is 5. The minimum absolute atomic E-state index is 0.0423. The average molecular weight is 690 g/mol. The third-order valence-electron chi connectivity index (χ3n) is 9.00. The molecule has 0 aliphatic carbocycles. The Hall–Kier alpha value is -4.11. The van der Waals surface area contributed by atoms with E-state index in [0.717, 1.165) is 42.8 Å². The Kier molecular flexibility index (Phi) is 9.70. The van der Waals surface area contributed by atoms with Gasteiger partial charge < -0.3 is 21.2 Å². The second kappa shape index (κ2) is 13.8. The lowest BCUT2D eigenvalue weighted by atomic mass is 9.97. The molecule has 1 saturated heterocycles. The van der Waals surface area contributed by atoms with Crippen molar-refractivity contribution < 1.29 is 9.50 Å². The van der Waals surface area contributed by atoms with E-state index in [1.54, 1.807) is 19.1 Å². The first-order chi connectivity index (χ1) is 22.9. The van der Waals surface area contributed by atoms with E-state index in [4.69, 9.17) is 23.2 Å². The minimum atomic E-state index is -0.641. The van der Waals surface area contributed by atoms with Gasteiger partial charge in [0.2, 0.25) is 0 Å². The number of fused-ring (bicyclic) bond motifs is 1. The van der Waals surface area contributed by atoms with Crippen molar-refractivity contribution in [3.05, 3.63) is 105 Å². The highest BCUT2D eigenvalue weighted by Gasteiger charge is 2.32. The van der Waals surface area contributed by atoms with Gasteiger partial charge in [-0.3, -0.25) is 14.9 Å². The number of hydrazine groups is 2. The van der Waals surface area contributed by atoms with E-state index in [1.807, 2.05) is 30.3 Å². The van der Waals surface area contributed by atoms with Crippen LogP contribution in [0.3, 0.4) is 0 Å². The van der Waals surface area contributed by atoms with Gasteiger partial charge in [0.1, 0.15) is 11.9 Å². The Balaban J connectivity index is 1.37. The summed E-state index contributed by atoms with van der Waals surface area (Å²) in [6.07, 6.45) is 4.97. The lowest BCUT2D eigenvalue weighted by Crippen LogP contribution is -2.52. The maximum atomic E-state index is 13.9. The summed E-state index contributed by atoms with van der Waals surface area (Å²) < 4.78 is 13.9. The van der Waals surface area contributed by atoms with Crippen molar-refractivity contribution in [2.45, 2.75) is 64.3 Å². The molecule has 9 nitrogen and oxygen atoms in total. The molecule has 0 spiro atoms. The number of nitriles is 1. The maximum absolute atomic E-state index is 13.9. The number of likely N-dealkylation sites (tertiary alicyclic amines) is 1. The zero-order chi connectivity index (χ0) is 34.2. The molecular weight excluding hydrogens is 650 g/mol. The van der Waals surface area contributed by atoms with Gasteiger partial charge in [0, 0.05) is 53.8 Å². The van der Waals surface area contributed by atoms with Crippen LogP contribution in [0.1, 0.15) is 69.4 Å². The maximum Gasteiger partial charge on any atom is 0.141 e. The molecule has 0 radical (unpaired) electrons. The predicted octanol–water partition coefficient (Wildman–Crippen LogP) is 7.93. The van der Waals surface area contributed by atoms with Gasteiger partial charge >= 0.3 is 0 Å². The predicted molar refractivity (Wildman–Crippen MR) is 190 cm³/mol. The zero-order valence-corrected chi connectivity index (χ0v) is 28.8. The average Bonchev–Trinajstić information content (AvgIpc) is 3.55. The lowest BCUT2D eigenvalue weighted by Gasteiger charge is -2.42. The monoisotopic (exact) mass is 688 g/mol. The van der Waals surface area contributed by atoms with Crippen molar-refractivity contribution >= 4 is 51.2 Å². The molecule has 3 aromatic carbocycles. The van der Waals surface area contributed by atoms with Crippen LogP contribution in [0.4, 0.5) is 21.5 Å². The third-order valence-corrected chi connectivity index (χ3v) is 9.57. The Morgan fingerprint density at radius 2 is 1.77 bits per heavy atom. The summed E-state index contributed by atoms with van der Waals surface area (Å²) >= 11 is 12.9. The highest BCUT2D eigenvalue weighted by molar-refractivity contribution is 6.36. The third kappa shape index (κ3) is 7.16. The summed E-state index contributed by atoms with van der Waals surface area (Å²) in [6, 6.07) is 17.9. The highest BCUT2D eigenvalue weighted by Crippen LogP contribution is 2.38. The first-order valence-electron chi connectivity index (χ1n) is 16.0. The van der Waals surface area contributed by atoms with Crippen LogP contribution in [0.25, 0.3) is 10.9 Å². The molecule has 250 valence electrons. The molecule has 6 rings (SSSR count). The first kappa shape index (κ1) is 33.8. The second-order valence-electron chi connectivity index (χ2n) is 13.3. The number of aromatic nitrogens is 1. The van der Waals surface area contributed by atoms with Crippen LogP contribution >= 0.6 is 23.2 Å². The van der Waals surface area contributed by atoms with Gasteiger partial charge in [-0.25, -0.2) is 4.39 Å².